The highest BCUT2D eigenvalue weighted by Crippen LogP contribution is 2.42. The Balaban J connectivity index is 1.81. The number of nitrogens with zero attached hydrogens (tertiary/aromatic N) is 2. The number of aliphatic imine (C=N–C) groups is 1. The molecule has 6 heteroatoms. The lowest BCUT2D eigenvalue weighted by molar-refractivity contribution is -0.147. The smallest absolute Gasteiger partial charge is 0.352 e. The number of rotatable bonds is 5. The van der Waals surface area contributed by atoms with Gasteiger partial charge in [-0.15, -0.1) is 18.3 Å². The predicted molar refractivity (Wildman–Crippen MR) is 90.4 cm³/mol. The summed E-state index contributed by atoms with van der Waals surface area (Å²) in [6.07, 6.45) is 3.81. The van der Waals surface area contributed by atoms with Crippen LogP contribution in [0.15, 0.2) is 59.2 Å². The normalized spacial score (nSPS) is 23.7. The summed E-state index contributed by atoms with van der Waals surface area (Å²) in [5.74, 6) is -0.737. The van der Waals surface area contributed by atoms with Gasteiger partial charge in [0.2, 0.25) is 0 Å². The van der Waals surface area contributed by atoms with Crippen molar-refractivity contribution < 1.29 is 14.7 Å². The number of amides is 1. The second-order valence-corrected chi connectivity index (χ2v) is 6.40. The Bertz CT molecular complexity index is 712. The SMILES string of the molecule is C=CCC1=C(C(=O)O)N2C(=O)C(/N=C/c3ccccc3)[C@H]2SC1. The van der Waals surface area contributed by atoms with Gasteiger partial charge in [-0.2, -0.15) is 0 Å². The van der Waals surface area contributed by atoms with Gasteiger partial charge in [0.05, 0.1) is 0 Å². The lowest BCUT2D eigenvalue weighted by Crippen LogP contribution is -2.64. The maximum Gasteiger partial charge on any atom is 0.352 e. The van der Waals surface area contributed by atoms with Gasteiger partial charge in [-0.1, -0.05) is 36.4 Å². The number of carboxylic acids is 1. The Labute approximate surface area is 138 Å². The average Bonchev–Trinajstić information content (AvgIpc) is 2.55. The molecule has 2 aliphatic heterocycles. The molecule has 3 rings (SSSR count). The van der Waals surface area contributed by atoms with Crippen LogP contribution in [0.4, 0.5) is 0 Å². The molecule has 1 saturated heterocycles. The highest BCUT2D eigenvalue weighted by Gasteiger charge is 2.53. The van der Waals surface area contributed by atoms with Crippen molar-refractivity contribution in [2.75, 3.05) is 5.75 Å². The highest BCUT2D eigenvalue weighted by molar-refractivity contribution is 8.00. The third-order valence-corrected chi connectivity index (χ3v) is 5.12. The molecule has 5 nitrogen and oxygen atoms in total. The lowest BCUT2D eigenvalue weighted by atomic mass is 10.0. The number of hydrogen-bond donors (Lipinski definition) is 1. The summed E-state index contributed by atoms with van der Waals surface area (Å²) >= 11 is 1.55. The fourth-order valence-corrected chi connectivity index (χ4v) is 4.06. The van der Waals surface area contributed by atoms with Crippen molar-refractivity contribution >= 4 is 29.9 Å². The minimum Gasteiger partial charge on any atom is -0.477 e. The molecule has 0 aromatic heterocycles. The molecule has 0 saturated carbocycles. The van der Waals surface area contributed by atoms with E-state index in [0.29, 0.717) is 12.2 Å². The largest absolute Gasteiger partial charge is 0.477 e. The minimum atomic E-state index is -1.06. The average molecular weight is 328 g/mol. The molecular weight excluding hydrogens is 312 g/mol. The van der Waals surface area contributed by atoms with Gasteiger partial charge in [0.25, 0.3) is 5.91 Å². The number of allylic oxidation sites excluding steroid dienone is 1. The Morgan fingerprint density at radius 1 is 1.43 bits per heavy atom. The van der Waals surface area contributed by atoms with Crippen molar-refractivity contribution in [3.8, 4) is 0 Å². The zero-order chi connectivity index (χ0) is 16.4. The van der Waals surface area contributed by atoms with Gasteiger partial charge < -0.3 is 5.11 Å². The van der Waals surface area contributed by atoms with Crippen molar-refractivity contribution in [3.63, 3.8) is 0 Å². The van der Waals surface area contributed by atoms with Gasteiger partial charge in [-0.3, -0.25) is 14.7 Å². The van der Waals surface area contributed by atoms with E-state index in [4.69, 9.17) is 0 Å². The maximum atomic E-state index is 12.4. The Kier molecular flexibility index (Phi) is 4.34. The summed E-state index contributed by atoms with van der Waals surface area (Å²) in [5, 5.41) is 9.20. The molecule has 23 heavy (non-hydrogen) atoms. The molecule has 2 atom stereocenters. The minimum absolute atomic E-state index is 0.102. The van der Waals surface area contributed by atoms with Crippen LogP contribution in [0, 0.1) is 0 Å². The van der Waals surface area contributed by atoms with Crippen molar-refractivity contribution in [2.45, 2.75) is 17.8 Å². The van der Waals surface area contributed by atoms with E-state index in [2.05, 4.69) is 11.6 Å². The van der Waals surface area contributed by atoms with E-state index in [1.807, 2.05) is 30.3 Å². The third kappa shape index (κ3) is 2.82. The topological polar surface area (TPSA) is 70.0 Å². The molecule has 0 spiro atoms. The van der Waals surface area contributed by atoms with Gasteiger partial charge in [0.15, 0.2) is 6.04 Å². The zero-order valence-corrected chi connectivity index (χ0v) is 13.2. The summed E-state index contributed by atoms with van der Waals surface area (Å²) in [7, 11) is 0. The highest BCUT2D eigenvalue weighted by atomic mass is 32.2. The van der Waals surface area contributed by atoms with E-state index in [9.17, 15) is 14.7 Å². The van der Waals surface area contributed by atoms with Crippen LogP contribution < -0.4 is 0 Å². The van der Waals surface area contributed by atoms with Gasteiger partial charge >= 0.3 is 5.97 Å². The summed E-state index contributed by atoms with van der Waals surface area (Å²) < 4.78 is 0. The van der Waals surface area contributed by atoms with E-state index >= 15 is 0 Å². The summed E-state index contributed by atoms with van der Waals surface area (Å²) in [5.41, 5.74) is 1.75. The fourth-order valence-electron chi connectivity index (χ4n) is 2.70. The zero-order valence-electron chi connectivity index (χ0n) is 12.4. The van der Waals surface area contributed by atoms with E-state index in [1.54, 1.807) is 24.1 Å². The molecule has 118 valence electrons. The molecule has 0 radical (unpaired) electrons. The number of fused-ring (bicyclic) bond motifs is 1. The van der Waals surface area contributed by atoms with E-state index < -0.39 is 12.0 Å². The molecule has 1 aromatic carbocycles. The Morgan fingerprint density at radius 3 is 2.83 bits per heavy atom. The molecule has 1 fully saturated rings. The first-order valence-corrected chi connectivity index (χ1v) is 8.27. The van der Waals surface area contributed by atoms with Gasteiger partial charge in [0.1, 0.15) is 11.1 Å². The van der Waals surface area contributed by atoms with E-state index in [0.717, 1.165) is 11.1 Å². The first-order chi connectivity index (χ1) is 11.1. The van der Waals surface area contributed by atoms with Crippen LogP contribution in [0.3, 0.4) is 0 Å². The second-order valence-electron chi connectivity index (χ2n) is 5.29. The van der Waals surface area contributed by atoms with E-state index in [-0.39, 0.29) is 17.0 Å². The van der Waals surface area contributed by atoms with Crippen LogP contribution in [0.2, 0.25) is 0 Å². The molecule has 2 heterocycles. The summed E-state index contributed by atoms with van der Waals surface area (Å²) in [6.45, 7) is 3.64. The first-order valence-electron chi connectivity index (χ1n) is 7.22. The van der Waals surface area contributed by atoms with Crippen LogP contribution in [0.1, 0.15) is 12.0 Å². The van der Waals surface area contributed by atoms with Crippen LogP contribution >= 0.6 is 11.8 Å². The predicted octanol–water partition coefficient (Wildman–Crippen LogP) is 2.30. The van der Waals surface area contributed by atoms with Gasteiger partial charge in [0, 0.05) is 12.0 Å². The standard InChI is InChI=1S/C17H16N2O3S/c1-2-6-12-10-23-16-13(15(20)19(16)14(12)17(21)22)18-9-11-7-4-3-5-8-11/h2-5,7-9,13,16H,1,6,10H2,(H,21,22)/b18-9+/t13?,16-/m1/s1. The van der Waals surface area contributed by atoms with Crippen molar-refractivity contribution in [1.29, 1.82) is 0 Å². The molecule has 1 N–H and O–H groups in total. The van der Waals surface area contributed by atoms with Crippen LogP contribution in [0.25, 0.3) is 0 Å². The number of carbonyl (C=O) groups excluding carboxylic acids is 1. The number of benzene rings is 1. The lowest BCUT2D eigenvalue weighted by Gasteiger charge is -2.47. The number of thioether (sulfide) groups is 1. The molecule has 1 amide bonds. The van der Waals surface area contributed by atoms with Crippen molar-refractivity contribution in [3.05, 3.63) is 59.8 Å². The fraction of sp³-hybridized carbons (Fsp3) is 0.235. The molecule has 2 aliphatic rings. The quantitative estimate of drug-likeness (QED) is 0.511. The third-order valence-electron chi connectivity index (χ3n) is 3.80. The monoisotopic (exact) mass is 328 g/mol. The molecular formula is C17H16N2O3S. The van der Waals surface area contributed by atoms with Crippen LogP contribution in [-0.2, 0) is 9.59 Å². The number of β-lactam (4-membered cyclic amide) rings is 1. The molecule has 1 unspecified atom stereocenters. The van der Waals surface area contributed by atoms with Crippen LogP contribution in [0.5, 0.6) is 0 Å². The summed E-state index contributed by atoms with van der Waals surface area (Å²) in [4.78, 5) is 29.6. The Morgan fingerprint density at radius 2 is 2.17 bits per heavy atom. The number of aliphatic carboxylic acids is 1. The first kappa shape index (κ1) is 15.6. The number of carboxylic acid groups (broad SMARTS) is 1. The van der Waals surface area contributed by atoms with Crippen molar-refractivity contribution in [1.82, 2.24) is 4.90 Å². The number of carbonyl (C=O) groups is 2. The number of hydrogen-bond acceptors (Lipinski definition) is 4. The van der Waals surface area contributed by atoms with Gasteiger partial charge in [-0.25, -0.2) is 4.79 Å². The Hall–Kier alpha value is -2.34. The second kappa shape index (κ2) is 6.42. The van der Waals surface area contributed by atoms with Crippen LogP contribution in [-0.4, -0.2) is 45.3 Å². The summed E-state index contributed by atoms with van der Waals surface area (Å²) in [6, 6.07) is 9.01. The van der Waals surface area contributed by atoms with Crippen molar-refractivity contribution in [2.24, 2.45) is 4.99 Å². The van der Waals surface area contributed by atoms with Gasteiger partial charge in [-0.05, 0) is 17.6 Å². The molecule has 0 bridgehead atoms. The molecule has 0 aliphatic carbocycles. The maximum absolute atomic E-state index is 12.4. The van der Waals surface area contributed by atoms with E-state index in [1.165, 1.54) is 4.90 Å². The molecule has 1 aromatic rings.